The zero-order chi connectivity index (χ0) is 11.1. The standard InChI is InChI=1S/C11H23N3O/c1-13-11(15)7-10(8-12)14-9-5-3-2-4-6-9/h9-10,14H,2-8,12H2,1H3,(H,13,15). The van der Waals surface area contributed by atoms with Gasteiger partial charge in [0.05, 0.1) is 0 Å². The van der Waals surface area contributed by atoms with E-state index in [-0.39, 0.29) is 11.9 Å². The first-order valence-corrected chi connectivity index (χ1v) is 5.93. The van der Waals surface area contributed by atoms with Crippen LogP contribution in [0.1, 0.15) is 38.5 Å². The largest absolute Gasteiger partial charge is 0.359 e. The van der Waals surface area contributed by atoms with Gasteiger partial charge in [-0.3, -0.25) is 4.79 Å². The van der Waals surface area contributed by atoms with Crippen LogP contribution >= 0.6 is 0 Å². The highest BCUT2D eigenvalue weighted by Gasteiger charge is 2.18. The van der Waals surface area contributed by atoms with Crippen LogP contribution in [0.4, 0.5) is 0 Å². The lowest BCUT2D eigenvalue weighted by Gasteiger charge is -2.27. The Labute approximate surface area is 92.0 Å². The first-order chi connectivity index (χ1) is 7.26. The van der Waals surface area contributed by atoms with Gasteiger partial charge in [-0.15, -0.1) is 0 Å². The fourth-order valence-corrected chi connectivity index (χ4v) is 2.14. The van der Waals surface area contributed by atoms with Gasteiger partial charge in [0.15, 0.2) is 0 Å². The molecule has 0 saturated heterocycles. The predicted molar refractivity (Wildman–Crippen MR) is 61.5 cm³/mol. The molecule has 1 fully saturated rings. The van der Waals surface area contributed by atoms with E-state index in [9.17, 15) is 4.79 Å². The normalized spacial score (nSPS) is 19.9. The second kappa shape index (κ2) is 6.80. The van der Waals surface area contributed by atoms with Gasteiger partial charge in [-0.05, 0) is 12.8 Å². The minimum Gasteiger partial charge on any atom is -0.359 e. The molecule has 1 rings (SSSR count). The Bertz CT molecular complexity index is 190. The van der Waals surface area contributed by atoms with Crippen LogP contribution in [0.3, 0.4) is 0 Å². The molecule has 1 saturated carbocycles. The van der Waals surface area contributed by atoms with Crippen LogP contribution in [0, 0.1) is 0 Å². The Hall–Kier alpha value is -0.610. The molecule has 4 heteroatoms. The summed E-state index contributed by atoms with van der Waals surface area (Å²) in [5, 5.41) is 6.12. The smallest absolute Gasteiger partial charge is 0.221 e. The summed E-state index contributed by atoms with van der Waals surface area (Å²) in [6.45, 7) is 0.532. The van der Waals surface area contributed by atoms with Crippen molar-refractivity contribution in [2.24, 2.45) is 5.73 Å². The van der Waals surface area contributed by atoms with Crippen LogP contribution in [-0.4, -0.2) is 31.6 Å². The summed E-state index contributed by atoms with van der Waals surface area (Å²) in [5.41, 5.74) is 5.65. The highest BCUT2D eigenvalue weighted by molar-refractivity contribution is 5.76. The summed E-state index contributed by atoms with van der Waals surface area (Å²) < 4.78 is 0. The molecule has 0 heterocycles. The molecule has 1 atom stereocenters. The van der Waals surface area contributed by atoms with Crippen molar-refractivity contribution in [3.05, 3.63) is 0 Å². The van der Waals surface area contributed by atoms with Gasteiger partial charge >= 0.3 is 0 Å². The minimum absolute atomic E-state index is 0.0637. The van der Waals surface area contributed by atoms with Crippen LogP contribution in [0.2, 0.25) is 0 Å². The lowest BCUT2D eigenvalue weighted by atomic mass is 9.94. The fraction of sp³-hybridized carbons (Fsp3) is 0.909. The van der Waals surface area contributed by atoms with Crippen molar-refractivity contribution in [3.63, 3.8) is 0 Å². The van der Waals surface area contributed by atoms with E-state index in [1.807, 2.05) is 0 Å². The molecule has 1 aliphatic carbocycles. The van der Waals surface area contributed by atoms with Gasteiger partial charge < -0.3 is 16.4 Å². The SMILES string of the molecule is CNC(=O)CC(CN)NC1CCCCC1. The van der Waals surface area contributed by atoms with Gasteiger partial charge in [-0.2, -0.15) is 0 Å². The number of hydrogen-bond acceptors (Lipinski definition) is 3. The highest BCUT2D eigenvalue weighted by atomic mass is 16.1. The third kappa shape index (κ3) is 4.62. The summed E-state index contributed by atoms with van der Waals surface area (Å²) in [6.07, 6.45) is 6.89. The molecule has 0 spiro atoms. The predicted octanol–water partition coefficient (Wildman–Crippen LogP) is 0.372. The molecule has 0 radical (unpaired) electrons. The molecule has 0 aromatic heterocycles. The Morgan fingerprint density at radius 2 is 2.07 bits per heavy atom. The van der Waals surface area contributed by atoms with Gasteiger partial charge in [-0.1, -0.05) is 19.3 Å². The van der Waals surface area contributed by atoms with Gasteiger partial charge in [0.1, 0.15) is 0 Å². The Kier molecular flexibility index (Phi) is 5.65. The van der Waals surface area contributed by atoms with Crippen molar-refractivity contribution in [3.8, 4) is 0 Å². The molecule has 0 bridgehead atoms. The number of carbonyl (C=O) groups excluding carboxylic acids is 1. The maximum atomic E-state index is 11.2. The topological polar surface area (TPSA) is 67.2 Å². The lowest BCUT2D eigenvalue weighted by Crippen LogP contribution is -2.45. The monoisotopic (exact) mass is 213 g/mol. The molecule has 4 N–H and O–H groups in total. The second-order valence-electron chi connectivity index (χ2n) is 4.31. The lowest BCUT2D eigenvalue weighted by molar-refractivity contribution is -0.121. The Morgan fingerprint density at radius 1 is 1.40 bits per heavy atom. The fourth-order valence-electron chi connectivity index (χ4n) is 2.14. The zero-order valence-corrected chi connectivity index (χ0v) is 9.59. The maximum Gasteiger partial charge on any atom is 0.221 e. The van der Waals surface area contributed by atoms with E-state index in [1.165, 1.54) is 32.1 Å². The maximum absolute atomic E-state index is 11.2. The molecule has 0 aromatic rings. The Balaban J connectivity index is 2.28. The molecule has 1 aliphatic rings. The molecule has 4 nitrogen and oxygen atoms in total. The summed E-state index contributed by atoms with van der Waals surface area (Å²) in [7, 11) is 1.66. The van der Waals surface area contributed by atoms with Crippen molar-refractivity contribution in [2.75, 3.05) is 13.6 Å². The van der Waals surface area contributed by atoms with Crippen molar-refractivity contribution in [1.29, 1.82) is 0 Å². The summed E-state index contributed by atoms with van der Waals surface area (Å²) in [5.74, 6) is 0.0637. The van der Waals surface area contributed by atoms with Crippen molar-refractivity contribution in [1.82, 2.24) is 10.6 Å². The van der Waals surface area contributed by atoms with Crippen LogP contribution in [0.5, 0.6) is 0 Å². The number of nitrogens with two attached hydrogens (primary N) is 1. The van der Waals surface area contributed by atoms with E-state index < -0.39 is 0 Å². The van der Waals surface area contributed by atoms with Gasteiger partial charge in [0, 0.05) is 32.1 Å². The second-order valence-corrected chi connectivity index (χ2v) is 4.31. The van der Waals surface area contributed by atoms with Crippen LogP contribution in [0.25, 0.3) is 0 Å². The third-order valence-electron chi connectivity index (χ3n) is 3.07. The van der Waals surface area contributed by atoms with Crippen molar-refractivity contribution >= 4 is 5.91 Å². The van der Waals surface area contributed by atoms with E-state index in [4.69, 9.17) is 5.73 Å². The van der Waals surface area contributed by atoms with E-state index in [1.54, 1.807) is 7.05 Å². The number of nitrogens with one attached hydrogen (secondary N) is 2. The molecule has 0 aliphatic heterocycles. The summed E-state index contributed by atoms with van der Waals surface area (Å²) >= 11 is 0. The minimum atomic E-state index is 0.0637. The number of amides is 1. The Morgan fingerprint density at radius 3 is 2.60 bits per heavy atom. The number of rotatable bonds is 5. The molecule has 0 aromatic carbocycles. The molecule has 88 valence electrons. The zero-order valence-electron chi connectivity index (χ0n) is 9.59. The first-order valence-electron chi connectivity index (χ1n) is 5.93. The van der Waals surface area contributed by atoms with E-state index in [2.05, 4.69) is 10.6 Å². The molecule has 1 amide bonds. The first kappa shape index (κ1) is 12.5. The van der Waals surface area contributed by atoms with Crippen molar-refractivity contribution < 1.29 is 4.79 Å². The average Bonchev–Trinajstić information content (AvgIpc) is 2.29. The average molecular weight is 213 g/mol. The van der Waals surface area contributed by atoms with Gasteiger partial charge in [-0.25, -0.2) is 0 Å². The highest BCUT2D eigenvalue weighted by Crippen LogP contribution is 2.17. The molecule has 15 heavy (non-hydrogen) atoms. The van der Waals surface area contributed by atoms with Crippen LogP contribution in [0.15, 0.2) is 0 Å². The van der Waals surface area contributed by atoms with E-state index in [0.29, 0.717) is 19.0 Å². The number of carbonyl (C=O) groups is 1. The van der Waals surface area contributed by atoms with Crippen LogP contribution < -0.4 is 16.4 Å². The van der Waals surface area contributed by atoms with Gasteiger partial charge in [0.2, 0.25) is 5.91 Å². The van der Waals surface area contributed by atoms with Crippen molar-refractivity contribution in [2.45, 2.75) is 50.6 Å². The molecule has 1 unspecified atom stereocenters. The molecular formula is C11H23N3O. The quantitative estimate of drug-likeness (QED) is 0.618. The van der Waals surface area contributed by atoms with Gasteiger partial charge in [0.25, 0.3) is 0 Å². The third-order valence-corrected chi connectivity index (χ3v) is 3.07. The summed E-state index contributed by atoms with van der Waals surface area (Å²) in [6, 6.07) is 0.699. The number of hydrogen-bond donors (Lipinski definition) is 3. The van der Waals surface area contributed by atoms with E-state index >= 15 is 0 Å². The van der Waals surface area contributed by atoms with Crippen LogP contribution in [-0.2, 0) is 4.79 Å². The molecular weight excluding hydrogens is 190 g/mol. The van der Waals surface area contributed by atoms with E-state index in [0.717, 1.165) is 0 Å². The summed E-state index contributed by atoms with van der Waals surface area (Å²) in [4.78, 5) is 11.2.